The predicted octanol–water partition coefficient (Wildman–Crippen LogP) is 8.14. The van der Waals surface area contributed by atoms with Gasteiger partial charge < -0.3 is 18.9 Å². The zero-order chi connectivity index (χ0) is 23.7. The van der Waals surface area contributed by atoms with E-state index in [1.807, 2.05) is 12.1 Å². The van der Waals surface area contributed by atoms with Crippen molar-refractivity contribution in [3.63, 3.8) is 0 Å². The Labute approximate surface area is 205 Å². The molecule has 0 radical (unpaired) electrons. The maximum Gasteiger partial charge on any atom is 0.168 e. The van der Waals surface area contributed by atoms with Crippen molar-refractivity contribution < 1.29 is 18.9 Å². The molecule has 0 amide bonds. The summed E-state index contributed by atoms with van der Waals surface area (Å²) in [7, 11) is 6.67. The Hall–Kier alpha value is -3.48. The van der Waals surface area contributed by atoms with E-state index in [9.17, 15) is 0 Å². The zero-order valence-corrected chi connectivity index (χ0v) is 21.0. The molecule has 0 unspecified atom stereocenters. The summed E-state index contributed by atoms with van der Waals surface area (Å²) in [6, 6.07) is 20.8. The van der Waals surface area contributed by atoms with Gasteiger partial charge in [0.15, 0.2) is 23.0 Å². The molecule has 0 atom stereocenters. The Balaban J connectivity index is 0.000000142. The van der Waals surface area contributed by atoms with Crippen molar-refractivity contribution in [3.8, 4) is 23.0 Å². The topological polar surface area (TPSA) is 36.9 Å². The number of fused-ring (bicyclic) bond motifs is 6. The smallest absolute Gasteiger partial charge is 0.168 e. The first-order chi connectivity index (χ1) is 16.7. The summed E-state index contributed by atoms with van der Waals surface area (Å²) < 4.78 is 24.1. The minimum absolute atomic E-state index is 0.774. The molecule has 0 aliphatic rings. The van der Waals surface area contributed by atoms with E-state index in [-0.39, 0.29) is 0 Å². The fourth-order valence-electron chi connectivity index (χ4n) is 4.31. The number of benzene rings is 4. The Morgan fingerprint density at radius 1 is 0.441 bits per heavy atom. The average molecular weight is 489 g/mol. The van der Waals surface area contributed by atoms with Crippen LogP contribution in [0.25, 0.3) is 41.7 Å². The molecule has 0 saturated carbocycles. The van der Waals surface area contributed by atoms with Crippen LogP contribution in [0.4, 0.5) is 0 Å². The summed E-state index contributed by atoms with van der Waals surface area (Å²) in [6.45, 7) is 0. The van der Waals surface area contributed by atoms with E-state index in [1.54, 1.807) is 51.1 Å². The van der Waals surface area contributed by atoms with Gasteiger partial charge in [0.25, 0.3) is 0 Å². The third kappa shape index (κ3) is 3.69. The highest BCUT2D eigenvalue weighted by atomic mass is 32.1. The van der Waals surface area contributed by atoms with Crippen molar-refractivity contribution in [1.29, 1.82) is 0 Å². The molecular weight excluding hydrogens is 464 g/mol. The lowest BCUT2D eigenvalue weighted by atomic mass is 10.1. The van der Waals surface area contributed by atoms with Crippen LogP contribution >= 0.6 is 22.7 Å². The van der Waals surface area contributed by atoms with Crippen LogP contribution < -0.4 is 18.9 Å². The minimum Gasteiger partial charge on any atom is -0.493 e. The van der Waals surface area contributed by atoms with E-state index in [4.69, 9.17) is 18.9 Å². The fourth-order valence-corrected chi connectivity index (χ4v) is 6.17. The van der Waals surface area contributed by atoms with E-state index < -0.39 is 0 Å². The van der Waals surface area contributed by atoms with Crippen LogP contribution in [-0.4, -0.2) is 28.4 Å². The van der Waals surface area contributed by atoms with E-state index >= 15 is 0 Å². The van der Waals surface area contributed by atoms with Crippen molar-refractivity contribution in [2.45, 2.75) is 0 Å². The fraction of sp³-hybridized carbons (Fsp3) is 0.143. The number of hydrogen-bond donors (Lipinski definition) is 0. The summed E-state index contributed by atoms with van der Waals surface area (Å²) in [5.41, 5.74) is 0. The molecule has 0 saturated heterocycles. The van der Waals surface area contributed by atoms with Gasteiger partial charge in [-0.05, 0) is 70.1 Å². The Kier molecular flexibility index (Phi) is 6.18. The van der Waals surface area contributed by atoms with Crippen LogP contribution in [0.15, 0.2) is 71.4 Å². The van der Waals surface area contributed by atoms with E-state index in [1.165, 1.54) is 30.9 Å². The monoisotopic (exact) mass is 488 g/mol. The summed E-state index contributed by atoms with van der Waals surface area (Å²) in [5, 5.41) is 11.4. The first-order valence-electron chi connectivity index (χ1n) is 10.7. The molecule has 0 bridgehead atoms. The largest absolute Gasteiger partial charge is 0.493 e. The van der Waals surface area contributed by atoms with Crippen LogP contribution in [0.1, 0.15) is 0 Å². The lowest BCUT2D eigenvalue weighted by molar-refractivity contribution is 0.358. The Morgan fingerprint density at radius 3 is 1.24 bits per heavy atom. The minimum atomic E-state index is 0.774. The maximum atomic E-state index is 5.45. The summed E-state index contributed by atoms with van der Waals surface area (Å²) in [4.78, 5) is 0. The van der Waals surface area contributed by atoms with Gasteiger partial charge in [-0.2, -0.15) is 0 Å². The molecule has 4 nitrogen and oxygen atoms in total. The maximum absolute atomic E-state index is 5.45. The predicted molar refractivity (Wildman–Crippen MR) is 145 cm³/mol. The number of ether oxygens (including phenoxy) is 4. The highest BCUT2D eigenvalue weighted by molar-refractivity contribution is 7.18. The molecular formula is C28H24O4S2. The van der Waals surface area contributed by atoms with Crippen molar-refractivity contribution in [2.75, 3.05) is 28.4 Å². The van der Waals surface area contributed by atoms with Crippen LogP contribution in [0.3, 0.4) is 0 Å². The molecule has 0 fully saturated rings. The molecule has 2 aromatic heterocycles. The third-order valence-corrected chi connectivity index (χ3v) is 7.83. The van der Waals surface area contributed by atoms with Crippen LogP contribution in [-0.2, 0) is 0 Å². The van der Waals surface area contributed by atoms with Gasteiger partial charge in [0.2, 0.25) is 0 Å². The highest BCUT2D eigenvalue weighted by Gasteiger charge is 2.12. The second-order valence-corrected chi connectivity index (χ2v) is 9.43. The summed E-state index contributed by atoms with van der Waals surface area (Å²) >= 11 is 3.51. The zero-order valence-electron chi connectivity index (χ0n) is 19.4. The van der Waals surface area contributed by atoms with Gasteiger partial charge in [-0.1, -0.05) is 12.1 Å². The second-order valence-electron chi connectivity index (χ2n) is 7.60. The first-order valence-corrected chi connectivity index (χ1v) is 12.5. The van der Waals surface area contributed by atoms with Gasteiger partial charge in [-0.3, -0.25) is 0 Å². The molecule has 6 rings (SSSR count). The Bertz CT molecular complexity index is 1490. The van der Waals surface area contributed by atoms with Crippen molar-refractivity contribution in [3.05, 3.63) is 71.4 Å². The van der Waals surface area contributed by atoms with E-state index in [0.717, 1.165) is 33.8 Å². The average Bonchev–Trinajstić information content (AvgIpc) is 3.57. The molecule has 0 aliphatic heterocycles. The van der Waals surface area contributed by atoms with Gasteiger partial charge in [0, 0.05) is 30.9 Å². The van der Waals surface area contributed by atoms with E-state index in [0.29, 0.717) is 0 Å². The molecule has 2 heterocycles. The molecule has 4 aromatic carbocycles. The van der Waals surface area contributed by atoms with Crippen molar-refractivity contribution in [2.24, 2.45) is 0 Å². The highest BCUT2D eigenvalue weighted by Crippen LogP contribution is 2.41. The quantitative estimate of drug-likeness (QED) is 0.251. The van der Waals surface area contributed by atoms with Crippen LogP contribution in [0, 0.1) is 0 Å². The molecule has 0 aliphatic carbocycles. The number of thiophene rings is 2. The van der Waals surface area contributed by atoms with E-state index in [2.05, 4.69) is 59.3 Å². The molecule has 172 valence electrons. The van der Waals surface area contributed by atoms with Crippen LogP contribution in [0.2, 0.25) is 0 Å². The lowest BCUT2D eigenvalue weighted by Gasteiger charge is -2.10. The van der Waals surface area contributed by atoms with Gasteiger partial charge in [0.05, 0.1) is 28.4 Å². The number of hydrogen-bond acceptors (Lipinski definition) is 6. The second kappa shape index (κ2) is 9.41. The van der Waals surface area contributed by atoms with Gasteiger partial charge >= 0.3 is 0 Å². The normalized spacial score (nSPS) is 10.9. The molecule has 0 spiro atoms. The lowest BCUT2D eigenvalue weighted by Crippen LogP contribution is -1.91. The summed E-state index contributed by atoms with van der Waals surface area (Å²) in [5.74, 6) is 3.16. The molecule has 34 heavy (non-hydrogen) atoms. The van der Waals surface area contributed by atoms with Gasteiger partial charge in [0.1, 0.15) is 0 Å². The number of rotatable bonds is 4. The standard InChI is InChI=1S/2C14H12O2S/c2*1-15-12-6-5-11-10(13(12)16-2)4-3-9-7-8-17-14(9)11/h2*3-8H,1-2H3. The summed E-state index contributed by atoms with van der Waals surface area (Å²) in [6.07, 6.45) is 0. The first kappa shape index (κ1) is 22.3. The molecule has 6 aromatic rings. The third-order valence-electron chi connectivity index (χ3n) is 5.91. The number of methoxy groups -OCH3 is 4. The Morgan fingerprint density at radius 2 is 0.853 bits per heavy atom. The SMILES string of the molecule is COc1ccc2c(ccc3ccsc32)c1OC.COc1ccc2c(ccc3ccsc32)c1OC. The van der Waals surface area contributed by atoms with Gasteiger partial charge in [-0.15, -0.1) is 22.7 Å². The van der Waals surface area contributed by atoms with Crippen molar-refractivity contribution in [1.82, 2.24) is 0 Å². The van der Waals surface area contributed by atoms with Crippen LogP contribution in [0.5, 0.6) is 23.0 Å². The van der Waals surface area contributed by atoms with Gasteiger partial charge in [-0.25, -0.2) is 0 Å². The van der Waals surface area contributed by atoms with Crippen molar-refractivity contribution >= 4 is 64.4 Å². The molecule has 6 heteroatoms. The molecule has 0 N–H and O–H groups in total.